The summed E-state index contributed by atoms with van der Waals surface area (Å²) in [7, 11) is 1.77. The number of allylic oxidation sites excluding steroid dienone is 2. The lowest BCUT2D eigenvalue weighted by Gasteiger charge is -2.03. The first-order valence-electron chi connectivity index (χ1n) is 8.51. The molecule has 26 heavy (non-hydrogen) atoms. The second kappa shape index (κ2) is 9.67. The molecule has 0 saturated heterocycles. The van der Waals surface area contributed by atoms with Crippen molar-refractivity contribution in [1.29, 1.82) is 0 Å². The number of hydrogen-bond donors (Lipinski definition) is 2. The standard InChI is InChI=1S/C13H14N6OS.C5H10/c1-3-15-11-8-9-10(21-12(8)17-6-16-11)13(20)19(7-18-9)5-4-14-2;1-3-5-4-2/h4-7,14H,3H2,1-2H3,(H,15,16,17);3,5H,4H2,1-2H3/b5-4+;5-3-. The number of rotatable bonds is 5. The van der Waals surface area contributed by atoms with E-state index in [1.807, 2.05) is 13.8 Å². The van der Waals surface area contributed by atoms with Crippen LogP contribution in [0.2, 0.25) is 0 Å². The molecule has 3 heterocycles. The van der Waals surface area contributed by atoms with Gasteiger partial charge >= 0.3 is 0 Å². The first-order chi connectivity index (χ1) is 12.7. The highest BCUT2D eigenvalue weighted by molar-refractivity contribution is 7.25. The lowest BCUT2D eigenvalue weighted by atomic mass is 10.3. The van der Waals surface area contributed by atoms with E-state index in [1.54, 1.807) is 19.4 Å². The van der Waals surface area contributed by atoms with E-state index in [-0.39, 0.29) is 5.56 Å². The van der Waals surface area contributed by atoms with E-state index in [0.717, 1.165) is 23.2 Å². The lowest BCUT2D eigenvalue weighted by Crippen LogP contribution is -2.15. The van der Waals surface area contributed by atoms with Crippen LogP contribution in [0.3, 0.4) is 0 Å². The molecule has 0 bridgehead atoms. The predicted molar refractivity (Wildman–Crippen MR) is 111 cm³/mol. The molecule has 3 aromatic rings. The maximum atomic E-state index is 12.5. The third kappa shape index (κ3) is 4.26. The van der Waals surface area contributed by atoms with Crippen molar-refractivity contribution in [2.45, 2.75) is 27.2 Å². The van der Waals surface area contributed by atoms with Gasteiger partial charge in [-0.25, -0.2) is 15.0 Å². The Bertz CT molecular complexity index is 973. The first-order valence-corrected chi connectivity index (χ1v) is 9.32. The molecule has 0 aliphatic rings. The van der Waals surface area contributed by atoms with Gasteiger partial charge in [0, 0.05) is 26.0 Å². The first kappa shape index (κ1) is 19.6. The topological polar surface area (TPSA) is 84.7 Å². The number of aromatic nitrogens is 4. The number of nitrogens with zero attached hydrogens (tertiary/aromatic N) is 4. The highest BCUT2D eigenvalue weighted by Crippen LogP contribution is 2.32. The summed E-state index contributed by atoms with van der Waals surface area (Å²) in [5.41, 5.74) is 0.530. The van der Waals surface area contributed by atoms with Gasteiger partial charge in [0.1, 0.15) is 33.5 Å². The summed E-state index contributed by atoms with van der Waals surface area (Å²) < 4.78 is 2.02. The summed E-state index contributed by atoms with van der Waals surface area (Å²) in [4.78, 5) is 26.1. The second-order valence-electron chi connectivity index (χ2n) is 5.25. The Morgan fingerprint density at radius 2 is 2.08 bits per heavy atom. The van der Waals surface area contributed by atoms with Gasteiger partial charge in [0.25, 0.3) is 5.56 Å². The van der Waals surface area contributed by atoms with Gasteiger partial charge < -0.3 is 10.6 Å². The van der Waals surface area contributed by atoms with Crippen LogP contribution in [0.15, 0.2) is 35.8 Å². The maximum Gasteiger partial charge on any atom is 0.275 e. The van der Waals surface area contributed by atoms with E-state index in [1.165, 1.54) is 28.6 Å². The molecule has 0 atom stereocenters. The van der Waals surface area contributed by atoms with Gasteiger partial charge in [-0.3, -0.25) is 9.36 Å². The van der Waals surface area contributed by atoms with Crippen LogP contribution in [0.4, 0.5) is 5.82 Å². The van der Waals surface area contributed by atoms with Crippen molar-refractivity contribution in [1.82, 2.24) is 24.8 Å². The fourth-order valence-electron chi connectivity index (χ4n) is 2.27. The van der Waals surface area contributed by atoms with Crippen LogP contribution in [-0.4, -0.2) is 33.1 Å². The summed E-state index contributed by atoms with van der Waals surface area (Å²) in [6.45, 7) is 6.89. The van der Waals surface area contributed by atoms with E-state index in [4.69, 9.17) is 0 Å². The Morgan fingerprint density at radius 1 is 1.27 bits per heavy atom. The molecule has 3 aromatic heterocycles. The molecule has 3 rings (SSSR count). The van der Waals surface area contributed by atoms with Crippen molar-refractivity contribution in [3.63, 3.8) is 0 Å². The molecular weight excluding hydrogens is 348 g/mol. The third-order valence-electron chi connectivity index (χ3n) is 3.42. The molecule has 2 N–H and O–H groups in total. The average molecular weight is 372 g/mol. The summed E-state index contributed by atoms with van der Waals surface area (Å²) in [6, 6.07) is 0. The molecule has 0 aliphatic carbocycles. The minimum atomic E-state index is -0.114. The number of thiophene rings is 1. The van der Waals surface area contributed by atoms with Gasteiger partial charge in [-0.05, 0) is 20.3 Å². The zero-order valence-corrected chi connectivity index (χ0v) is 16.3. The van der Waals surface area contributed by atoms with Gasteiger partial charge in [0.15, 0.2) is 0 Å². The van der Waals surface area contributed by atoms with E-state index >= 15 is 0 Å². The van der Waals surface area contributed by atoms with Crippen molar-refractivity contribution in [2.24, 2.45) is 0 Å². The van der Waals surface area contributed by atoms with Gasteiger partial charge in [0.2, 0.25) is 0 Å². The number of fused-ring (bicyclic) bond motifs is 3. The fraction of sp³-hybridized carbons (Fsp3) is 0.333. The van der Waals surface area contributed by atoms with Crippen LogP contribution in [-0.2, 0) is 0 Å². The van der Waals surface area contributed by atoms with Crippen LogP contribution in [0.25, 0.3) is 26.6 Å². The summed E-state index contributed by atoms with van der Waals surface area (Å²) in [5, 5.41) is 6.83. The molecule has 0 saturated carbocycles. The molecule has 0 aromatic carbocycles. The van der Waals surface area contributed by atoms with Gasteiger partial charge in [-0.1, -0.05) is 19.1 Å². The van der Waals surface area contributed by atoms with E-state index in [9.17, 15) is 4.79 Å². The summed E-state index contributed by atoms with van der Waals surface area (Å²) >= 11 is 1.33. The van der Waals surface area contributed by atoms with E-state index in [2.05, 4.69) is 44.7 Å². The molecule has 0 fully saturated rings. The molecule has 0 radical (unpaired) electrons. The zero-order valence-electron chi connectivity index (χ0n) is 15.5. The monoisotopic (exact) mass is 372 g/mol. The van der Waals surface area contributed by atoms with E-state index in [0.29, 0.717) is 16.0 Å². The normalized spacial score (nSPS) is 11.2. The molecule has 0 aliphatic heterocycles. The SMILES string of the molecule is C/C=C\CC.CCNc1ncnc2sc3c(=O)n(/C=C/NC)cnc3c12. The van der Waals surface area contributed by atoms with Gasteiger partial charge in [0.05, 0.1) is 5.39 Å². The van der Waals surface area contributed by atoms with Crippen LogP contribution >= 0.6 is 11.3 Å². The maximum absolute atomic E-state index is 12.5. The molecule has 8 heteroatoms. The largest absolute Gasteiger partial charge is 0.393 e. The third-order valence-corrected chi connectivity index (χ3v) is 4.50. The Kier molecular flexibility index (Phi) is 7.28. The van der Waals surface area contributed by atoms with Crippen molar-refractivity contribution < 1.29 is 0 Å². The minimum Gasteiger partial charge on any atom is -0.393 e. The second-order valence-corrected chi connectivity index (χ2v) is 6.25. The smallest absolute Gasteiger partial charge is 0.275 e. The Hall–Kier alpha value is -2.74. The number of anilines is 1. The van der Waals surface area contributed by atoms with Crippen molar-refractivity contribution >= 4 is 43.8 Å². The van der Waals surface area contributed by atoms with Crippen molar-refractivity contribution in [2.75, 3.05) is 18.9 Å². The predicted octanol–water partition coefficient (Wildman–Crippen LogP) is 3.45. The Balaban J connectivity index is 0.000000431. The number of hydrogen-bond acceptors (Lipinski definition) is 7. The van der Waals surface area contributed by atoms with Crippen LogP contribution in [0.5, 0.6) is 0 Å². The summed E-state index contributed by atoms with van der Waals surface area (Å²) in [5.74, 6) is 0.712. The molecule has 0 unspecified atom stereocenters. The molecule has 0 amide bonds. The molecule has 138 valence electrons. The van der Waals surface area contributed by atoms with Gasteiger partial charge in [-0.2, -0.15) is 0 Å². The highest BCUT2D eigenvalue weighted by atomic mass is 32.1. The fourth-order valence-corrected chi connectivity index (χ4v) is 3.31. The van der Waals surface area contributed by atoms with Crippen LogP contribution < -0.4 is 16.2 Å². The zero-order chi connectivity index (χ0) is 18.9. The van der Waals surface area contributed by atoms with E-state index < -0.39 is 0 Å². The van der Waals surface area contributed by atoms with Crippen molar-refractivity contribution in [3.05, 3.63) is 41.4 Å². The Morgan fingerprint density at radius 3 is 2.69 bits per heavy atom. The average Bonchev–Trinajstić information content (AvgIpc) is 3.03. The quantitative estimate of drug-likeness (QED) is 0.667. The minimum absolute atomic E-state index is 0.114. The van der Waals surface area contributed by atoms with Crippen LogP contribution in [0, 0.1) is 0 Å². The molecule has 7 nitrogen and oxygen atoms in total. The summed E-state index contributed by atoms with van der Waals surface area (Å²) in [6.07, 6.45) is 11.7. The number of nitrogens with one attached hydrogen (secondary N) is 2. The molecular formula is C18H24N6OS. The molecule has 0 spiro atoms. The van der Waals surface area contributed by atoms with Gasteiger partial charge in [-0.15, -0.1) is 11.3 Å². The lowest BCUT2D eigenvalue weighted by molar-refractivity contribution is 1.01. The van der Waals surface area contributed by atoms with Crippen molar-refractivity contribution in [3.8, 4) is 0 Å². The highest BCUT2D eigenvalue weighted by Gasteiger charge is 2.15. The Labute approximate surface area is 156 Å². The van der Waals surface area contributed by atoms with Crippen LogP contribution in [0.1, 0.15) is 27.2 Å².